The Balaban J connectivity index is 1.73. The van der Waals surface area contributed by atoms with Crippen molar-refractivity contribution in [2.75, 3.05) is 0 Å². The molecule has 0 aliphatic rings. The molecule has 0 saturated heterocycles. The first kappa shape index (κ1) is 18.4. The molecule has 0 spiro atoms. The first-order valence-corrected chi connectivity index (χ1v) is 8.29. The van der Waals surface area contributed by atoms with Crippen LogP contribution in [0.1, 0.15) is 11.1 Å². The van der Waals surface area contributed by atoms with Crippen LogP contribution in [0.3, 0.4) is 0 Å². The number of hydrogen-bond donors (Lipinski definition) is 1. The second-order valence-electron chi connectivity index (χ2n) is 6.06. The van der Waals surface area contributed by atoms with Crippen LogP contribution < -0.4 is 10.9 Å². The molecule has 3 aromatic rings. The maximum Gasteiger partial charge on any atom is 0.267 e. The summed E-state index contributed by atoms with van der Waals surface area (Å²) < 4.78 is 28.2. The summed E-state index contributed by atoms with van der Waals surface area (Å²) in [6, 6.07) is 14.0. The summed E-state index contributed by atoms with van der Waals surface area (Å²) in [5, 5.41) is 6.60. The monoisotopic (exact) mass is 369 g/mol. The molecule has 0 unspecified atom stereocenters. The van der Waals surface area contributed by atoms with Crippen molar-refractivity contribution in [3.05, 3.63) is 87.7 Å². The van der Waals surface area contributed by atoms with Crippen molar-refractivity contribution >= 4 is 5.91 Å². The van der Waals surface area contributed by atoms with Crippen LogP contribution in [-0.2, 0) is 17.9 Å². The zero-order chi connectivity index (χ0) is 19.4. The van der Waals surface area contributed by atoms with Gasteiger partial charge in [-0.3, -0.25) is 9.59 Å². The van der Waals surface area contributed by atoms with Crippen molar-refractivity contribution in [3.8, 4) is 11.3 Å². The van der Waals surface area contributed by atoms with E-state index in [1.807, 2.05) is 31.2 Å². The molecule has 0 atom stereocenters. The number of rotatable bonds is 5. The third kappa shape index (κ3) is 4.44. The molecule has 0 aliphatic heterocycles. The Morgan fingerprint density at radius 1 is 1.04 bits per heavy atom. The molecular formula is C20H17F2N3O2. The fourth-order valence-corrected chi connectivity index (χ4v) is 2.52. The lowest BCUT2D eigenvalue weighted by Gasteiger charge is -2.09. The molecule has 138 valence electrons. The number of amides is 1. The Morgan fingerprint density at radius 2 is 1.70 bits per heavy atom. The molecule has 7 heteroatoms. The number of aryl methyl sites for hydroxylation is 1. The van der Waals surface area contributed by atoms with Gasteiger partial charge in [0.1, 0.15) is 18.2 Å². The highest BCUT2D eigenvalue weighted by Crippen LogP contribution is 2.16. The minimum atomic E-state index is -0.744. The average Bonchev–Trinajstić information content (AvgIpc) is 2.64. The smallest absolute Gasteiger partial charge is 0.267 e. The van der Waals surface area contributed by atoms with Crippen LogP contribution in [0.15, 0.2) is 59.4 Å². The lowest BCUT2D eigenvalue weighted by Crippen LogP contribution is -2.33. The van der Waals surface area contributed by atoms with Crippen LogP contribution in [0.25, 0.3) is 11.3 Å². The van der Waals surface area contributed by atoms with Gasteiger partial charge in [-0.05, 0) is 25.1 Å². The number of benzene rings is 2. The molecule has 0 saturated carbocycles. The fourth-order valence-electron chi connectivity index (χ4n) is 2.52. The van der Waals surface area contributed by atoms with Gasteiger partial charge in [-0.15, -0.1) is 0 Å². The predicted molar refractivity (Wildman–Crippen MR) is 96.9 cm³/mol. The minimum Gasteiger partial charge on any atom is -0.350 e. The first-order chi connectivity index (χ1) is 12.9. The highest BCUT2D eigenvalue weighted by Gasteiger charge is 2.12. The van der Waals surface area contributed by atoms with Crippen LogP contribution in [0.5, 0.6) is 0 Å². The lowest BCUT2D eigenvalue weighted by atomic mass is 10.1. The quantitative estimate of drug-likeness (QED) is 0.752. The van der Waals surface area contributed by atoms with Crippen molar-refractivity contribution in [1.82, 2.24) is 15.1 Å². The van der Waals surface area contributed by atoms with E-state index < -0.39 is 23.1 Å². The molecule has 0 bridgehead atoms. The normalized spacial score (nSPS) is 10.6. The predicted octanol–water partition coefficient (Wildman–Crippen LogP) is 2.81. The summed E-state index contributed by atoms with van der Waals surface area (Å²) in [5.74, 6) is -2.06. The largest absolute Gasteiger partial charge is 0.350 e. The minimum absolute atomic E-state index is 0.237. The molecule has 5 nitrogen and oxygen atoms in total. The van der Waals surface area contributed by atoms with Gasteiger partial charge in [0.25, 0.3) is 5.56 Å². The van der Waals surface area contributed by atoms with E-state index in [0.29, 0.717) is 5.69 Å². The van der Waals surface area contributed by atoms with E-state index in [4.69, 9.17) is 0 Å². The summed E-state index contributed by atoms with van der Waals surface area (Å²) in [4.78, 5) is 24.1. The van der Waals surface area contributed by atoms with Gasteiger partial charge in [0.2, 0.25) is 5.91 Å². The van der Waals surface area contributed by atoms with Crippen LogP contribution in [0.4, 0.5) is 8.78 Å². The van der Waals surface area contributed by atoms with Crippen molar-refractivity contribution < 1.29 is 13.6 Å². The summed E-state index contributed by atoms with van der Waals surface area (Å²) >= 11 is 0. The Labute approximate surface area is 154 Å². The molecule has 27 heavy (non-hydrogen) atoms. The van der Waals surface area contributed by atoms with Gasteiger partial charge < -0.3 is 5.32 Å². The summed E-state index contributed by atoms with van der Waals surface area (Å²) in [6.45, 7) is 1.29. The van der Waals surface area contributed by atoms with E-state index in [9.17, 15) is 18.4 Å². The highest BCUT2D eigenvalue weighted by molar-refractivity contribution is 5.75. The molecule has 0 aliphatic carbocycles. The second-order valence-corrected chi connectivity index (χ2v) is 6.06. The van der Waals surface area contributed by atoms with Crippen LogP contribution in [-0.4, -0.2) is 15.7 Å². The molecule has 1 aromatic heterocycles. The van der Waals surface area contributed by atoms with E-state index in [0.717, 1.165) is 27.9 Å². The van der Waals surface area contributed by atoms with Crippen molar-refractivity contribution in [2.45, 2.75) is 20.0 Å². The Morgan fingerprint density at radius 3 is 2.37 bits per heavy atom. The number of hydrogen-bond acceptors (Lipinski definition) is 3. The molecule has 2 aromatic carbocycles. The average molecular weight is 369 g/mol. The molecule has 1 heterocycles. The number of carbonyl (C=O) groups is 1. The van der Waals surface area contributed by atoms with Crippen LogP contribution >= 0.6 is 0 Å². The van der Waals surface area contributed by atoms with Crippen LogP contribution in [0, 0.1) is 18.6 Å². The third-order valence-corrected chi connectivity index (χ3v) is 4.03. The summed E-state index contributed by atoms with van der Waals surface area (Å²) in [7, 11) is 0. The number of nitrogens with one attached hydrogen (secondary N) is 1. The van der Waals surface area contributed by atoms with E-state index in [1.165, 1.54) is 12.1 Å². The molecule has 0 fully saturated rings. The van der Waals surface area contributed by atoms with Crippen molar-refractivity contribution in [2.24, 2.45) is 0 Å². The molecule has 0 radical (unpaired) electrons. The number of carbonyl (C=O) groups excluding carboxylic acids is 1. The van der Waals surface area contributed by atoms with Crippen LogP contribution in [0.2, 0.25) is 0 Å². The van der Waals surface area contributed by atoms with Gasteiger partial charge >= 0.3 is 0 Å². The zero-order valence-corrected chi connectivity index (χ0v) is 14.6. The number of halogens is 2. The molecule has 3 rings (SSSR count). The van der Waals surface area contributed by atoms with E-state index in [-0.39, 0.29) is 18.7 Å². The first-order valence-electron chi connectivity index (χ1n) is 8.29. The zero-order valence-electron chi connectivity index (χ0n) is 14.6. The molecular weight excluding hydrogens is 352 g/mol. The van der Waals surface area contributed by atoms with E-state index in [2.05, 4.69) is 10.4 Å². The maximum atomic E-state index is 13.6. The fraction of sp³-hybridized carbons (Fsp3) is 0.150. The second kappa shape index (κ2) is 7.90. The lowest BCUT2D eigenvalue weighted by molar-refractivity contribution is -0.122. The SMILES string of the molecule is Cc1ccc(-c2ccc(=O)n(CC(=O)NCc3c(F)cccc3F)n2)cc1. The summed E-state index contributed by atoms with van der Waals surface area (Å²) in [6.07, 6.45) is 0. The molecule has 1 N–H and O–H groups in total. The van der Waals surface area contributed by atoms with Gasteiger partial charge in [-0.25, -0.2) is 13.5 Å². The Hall–Kier alpha value is -3.35. The van der Waals surface area contributed by atoms with Gasteiger partial charge in [0, 0.05) is 23.7 Å². The maximum absolute atomic E-state index is 13.6. The topological polar surface area (TPSA) is 64.0 Å². The van der Waals surface area contributed by atoms with Gasteiger partial charge in [-0.1, -0.05) is 35.9 Å². The number of aromatic nitrogens is 2. The molecule has 1 amide bonds. The van der Waals surface area contributed by atoms with Gasteiger partial charge in [0.05, 0.1) is 5.69 Å². The Bertz CT molecular complexity index is 1010. The van der Waals surface area contributed by atoms with Gasteiger partial charge in [-0.2, -0.15) is 5.10 Å². The van der Waals surface area contributed by atoms with Crippen molar-refractivity contribution in [3.63, 3.8) is 0 Å². The Kier molecular flexibility index (Phi) is 5.40. The highest BCUT2D eigenvalue weighted by atomic mass is 19.1. The standard InChI is InChI=1S/C20H17F2N3O2/c1-13-5-7-14(8-6-13)18-9-10-20(27)25(24-18)12-19(26)23-11-15-16(21)3-2-4-17(15)22/h2-10H,11-12H2,1H3,(H,23,26). The van der Waals surface area contributed by atoms with E-state index >= 15 is 0 Å². The number of nitrogens with zero attached hydrogens (tertiary/aromatic N) is 2. The third-order valence-electron chi connectivity index (χ3n) is 4.03. The van der Waals surface area contributed by atoms with Gasteiger partial charge in [0.15, 0.2) is 0 Å². The van der Waals surface area contributed by atoms with E-state index in [1.54, 1.807) is 6.07 Å². The van der Waals surface area contributed by atoms with Crippen molar-refractivity contribution in [1.29, 1.82) is 0 Å². The summed E-state index contributed by atoms with van der Waals surface area (Å²) in [5.41, 5.74) is 1.76.